The van der Waals surface area contributed by atoms with Crippen LogP contribution < -0.4 is 4.74 Å². The van der Waals surface area contributed by atoms with Crippen LogP contribution in [-0.4, -0.2) is 18.3 Å². The number of hydrogen-bond acceptors (Lipinski definition) is 2. The van der Waals surface area contributed by atoms with Crippen molar-refractivity contribution in [1.29, 1.82) is 0 Å². The fraction of sp³-hybridized carbons (Fsp3) is 0.455. The van der Waals surface area contributed by atoms with E-state index in [2.05, 4.69) is 28.1 Å². The zero-order chi connectivity index (χ0) is 9.97. The number of rotatable bonds is 3. The van der Waals surface area contributed by atoms with E-state index in [0.29, 0.717) is 0 Å². The highest BCUT2D eigenvalue weighted by molar-refractivity contribution is 9.10. The summed E-state index contributed by atoms with van der Waals surface area (Å²) in [6.07, 6.45) is 2.76. The predicted molar refractivity (Wildman–Crippen MR) is 58.7 cm³/mol. The lowest BCUT2D eigenvalue weighted by atomic mass is 10.1. The molecule has 1 aromatic rings. The molecule has 0 aliphatic carbocycles. The molecule has 2 nitrogen and oxygen atoms in total. The Morgan fingerprint density at radius 1 is 1.43 bits per heavy atom. The molecule has 0 saturated heterocycles. The normalized spacial score (nSPS) is 13.9. The highest BCUT2D eigenvalue weighted by atomic mass is 79.9. The Hall–Kier alpha value is -0.540. The van der Waals surface area contributed by atoms with Gasteiger partial charge in [-0.25, -0.2) is 0 Å². The van der Waals surface area contributed by atoms with Crippen molar-refractivity contribution in [2.45, 2.75) is 19.3 Å². The molecule has 0 aromatic heterocycles. The van der Waals surface area contributed by atoms with Crippen molar-refractivity contribution < 1.29 is 9.84 Å². The van der Waals surface area contributed by atoms with E-state index in [-0.39, 0.29) is 6.61 Å². The van der Waals surface area contributed by atoms with E-state index in [1.165, 1.54) is 11.1 Å². The van der Waals surface area contributed by atoms with Crippen LogP contribution >= 0.6 is 15.9 Å². The molecule has 14 heavy (non-hydrogen) atoms. The predicted octanol–water partition coefficient (Wildman–Crippen LogP) is 2.31. The molecule has 1 aromatic carbocycles. The number of hydrogen-bond donors (Lipinski definition) is 1. The first kappa shape index (κ1) is 9.99. The molecule has 0 bridgehead atoms. The smallest absolute Gasteiger partial charge is 0.136 e. The van der Waals surface area contributed by atoms with Crippen LogP contribution in [0.15, 0.2) is 16.6 Å². The fourth-order valence-electron chi connectivity index (χ4n) is 1.75. The van der Waals surface area contributed by atoms with Gasteiger partial charge in [0.05, 0.1) is 11.1 Å². The van der Waals surface area contributed by atoms with Gasteiger partial charge in [0, 0.05) is 13.0 Å². The maximum absolute atomic E-state index is 8.75. The molecule has 1 aliphatic rings. The van der Waals surface area contributed by atoms with Crippen molar-refractivity contribution >= 4 is 15.9 Å². The van der Waals surface area contributed by atoms with Crippen LogP contribution in [0.2, 0.25) is 0 Å². The average Bonchev–Trinajstić information content (AvgIpc) is 2.63. The van der Waals surface area contributed by atoms with Crippen molar-refractivity contribution in [3.8, 4) is 5.75 Å². The molecule has 3 heteroatoms. The molecular formula is C11H13BrO2. The summed E-state index contributed by atoms with van der Waals surface area (Å²) in [5, 5.41) is 8.75. The third-order valence-corrected chi connectivity index (χ3v) is 3.01. The summed E-state index contributed by atoms with van der Waals surface area (Å²) < 4.78 is 6.53. The number of fused-ring (bicyclic) bond motifs is 1. The molecule has 1 N–H and O–H groups in total. The minimum Gasteiger partial charge on any atom is -0.492 e. The summed E-state index contributed by atoms with van der Waals surface area (Å²) in [5.41, 5.74) is 2.56. The third-order valence-electron chi connectivity index (χ3n) is 2.42. The van der Waals surface area contributed by atoms with Gasteiger partial charge in [-0.05, 0) is 46.0 Å². The maximum atomic E-state index is 8.75. The molecule has 0 radical (unpaired) electrons. The van der Waals surface area contributed by atoms with Crippen LogP contribution in [0, 0.1) is 0 Å². The molecule has 0 saturated carbocycles. The number of halogens is 1. The number of ether oxygens (including phenoxy) is 1. The quantitative estimate of drug-likeness (QED) is 0.900. The highest BCUT2D eigenvalue weighted by Crippen LogP contribution is 2.35. The van der Waals surface area contributed by atoms with E-state index in [0.717, 1.165) is 36.1 Å². The van der Waals surface area contributed by atoms with E-state index in [1.54, 1.807) is 0 Å². The Morgan fingerprint density at radius 2 is 2.29 bits per heavy atom. The van der Waals surface area contributed by atoms with Gasteiger partial charge >= 0.3 is 0 Å². The first-order valence-corrected chi connectivity index (χ1v) is 5.65. The van der Waals surface area contributed by atoms with Crippen LogP contribution in [0.1, 0.15) is 17.5 Å². The first-order valence-electron chi connectivity index (χ1n) is 4.86. The Bertz CT molecular complexity index is 336. The topological polar surface area (TPSA) is 29.5 Å². The van der Waals surface area contributed by atoms with Gasteiger partial charge in [0.2, 0.25) is 0 Å². The van der Waals surface area contributed by atoms with Crippen molar-refractivity contribution in [1.82, 2.24) is 0 Å². The Kier molecular flexibility index (Phi) is 3.08. The lowest BCUT2D eigenvalue weighted by molar-refractivity contribution is 0.288. The summed E-state index contributed by atoms with van der Waals surface area (Å²) in [6.45, 7) is 1.04. The van der Waals surface area contributed by atoms with Gasteiger partial charge in [-0.15, -0.1) is 0 Å². The van der Waals surface area contributed by atoms with Crippen molar-refractivity contribution in [3.63, 3.8) is 0 Å². The van der Waals surface area contributed by atoms with Gasteiger partial charge in [0.25, 0.3) is 0 Å². The van der Waals surface area contributed by atoms with E-state index in [9.17, 15) is 0 Å². The van der Waals surface area contributed by atoms with Crippen LogP contribution in [0.4, 0.5) is 0 Å². The van der Waals surface area contributed by atoms with Crippen LogP contribution in [-0.2, 0) is 12.8 Å². The molecule has 0 amide bonds. The van der Waals surface area contributed by atoms with E-state index in [4.69, 9.17) is 9.84 Å². The van der Waals surface area contributed by atoms with E-state index < -0.39 is 0 Å². The molecule has 1 aliphatic heterocycles. The molecule has 2 rings (SSSR count). The van der Waals surface area contributed by atoms with Gasteiger partial charge in [-0.1, -0.05) is 6.07 Å². The van der Waals surface area contributed by atoms with Crippen LogP contribution in [0.5, 0.6) is 5.75 Å². The monoisotopic (exact) mass is 256 g/mol. The summed E-state index contributed by atoms with van der Waals surface area (Å²) in [5.74, 6) is 0.998. The van der Waals surface area contributed by atoms with Gasteiger partial charge < -0.3 is 9.84 Å². The lowest BCUT2D eigenvalue weighted by Gasteiger charge is -2.06. The highest BCUT2D eigenvalue weighted by Gasteiger charge is 2.16. The molecule has 0 spiro atoms. The zero-order valence-electron chi connectivity index (χ0n) is 7.92. The fourth-order valence-corrected chi connectivity index (χ4v) is 2.41. The van der Waals surface area contributed by atoms with Crippen molar-refractivity contribution in [2.24, 2.45) is 0 Å². The molecular weight excluding hydrogens is 244 g/mol. The Morgan fingerprint density at radius 3 is 3.07 bits per heavy atom. The van der Waals surface area contributed by atoms with Gasteiger partial charge in [0.1, 0.15) is 5.75 Å². The Labute approximate surface area is 92.0 Å². The molecule has 1 heterocycles. The van der Waals surface area contributed by atoms with Gasteiger partial charge in [-0.3, -0.25) is 0 Å². The van der Waals surface area contributed by atoms with Crippen LogP contribution in [0.3, 0.4) is 0 Å². The van der Waals surface area contributed by atoms with Crippen molar-refractivity contribution in [2.75, 3.05) is 13.2 Å². The third kappa shape index (κ3) is 1.93. The molecule has 76 valence electrons. The maximum Gasteiger partial charge on any atom is 0.136 e. The average molecular weight is 257 g/mol. The van der Waals surface area contributed by atoms with E-state index >= 15 is 0 Å². The standard InChI is InChI=1S/C11H13BrO2/c12-10-7-8(2-1-4-13)6-9-3-5-14-11(9)10/h6-7,13H,1-5H2. The minimum atomic E-state index is 0.255. The second-order valence-corrected chi connectivity index (χ2v) is 4.35. The summed E-state index contributed by atoms with van der Waals surface area (Å²) in [4.78, 5) is 0. The van der Waals surface area contributed by atoms with Gasteiger partial charge in [0.15, 0.2) is 0 Å². The van der Waals surface area contributed by atoms with Crippen molar-refractivity contribution in [3.05, 3.63) is 27.7 Å². The SMILES string of the molecule is OCCCc1cc(Br)c2c(c1)CCO2. The number of aliphatic hydroxyl groups excluding tert-OH is 1. The Balaban J connectivity index is 2.23. The second kappa shape index (κ2) is 4.32. The molecule has 0 atom stereocenters. The summed E-state index contributed by atoms with van der Waals surface area (Å²) in [7, 11) is 0. The summed E-state index contributed by atoms with van der Waals surface area (Å²) >= 11 is 3.50. The molecule has 0 fully saturated rings. The minimum absolute atomic E-state index is 0.255. The zero-order valence-corrected chi connectivity index (χ0v) is 9.51. The van der Waals surface area contributed by atoms with Crippen LogP contribution in [0.25, 0.3) is 0 Å². The van der Waals surface area contributed by atoms with Gasteiger partial charge in [-0.2, -0.15) is 0 Å². The first-order chi connectivity index (χ1) is 6.81. The largest absolute Gasteiger partial charge is 0.492 e. The summed E-state index contributed by atoms with van der Waals surface area (Å²) in [6, 6.07) is 4.27. The number of aliphatic hydroxyl groups is 1. The second-order valence-electron chi connectivity index (χ2n) is 3.49. The number of benzene rings is 1. The number of aryl methyl sites for hydroxylation is 1. The lowest BCUT2D eigenvalue weighted by Crippen LogP contribution is -1.91. The molecule has 0 unspecified atom stereocenters. The van der Waals surface area contributed by atoms with E-state index in [1.807, 2.05) is 0 Å².